The van der Waals surface area contributed by atoms with E-state index in [9.17, 15) is 18.0 Å². The van der Waals surface area contributed by atoms with Gasteiger partial charge in [-0.3, -0.25) is 0 Å². The summed E-state index contributed by atoms with van der Waals surface area (Å²) < 4.78 is 42.0. The van der Waals surface area contributed by atoms with Crippen molar-refractivity contribution in [3.63, 3.8) is 0 Å². The van der Waals surface area contributed by atoms with E-state index in [1.165, 1.54) is 11.1 Å². The van der Waals surface area contributed by atoms with Gasteiger partial charge in [-0.1, -0.05) is 98.6 Å². The van der Waals surface area contributed by atoms with Gasteiger partial charge in [-0.05, 0) is 48.9 Å². The third-order valence-corrected chi connectivity index (χ3v) is 5.84. The van der Waals surface area contributed by atoms with E-state index in [1.807, 2.05) is 73.7 Å². The first-order chi connectivity index (χ1) is 16.8. The number of unbranched alkanes of at least 4 members (excludes halogenated alkanes) is 1. The highest BCUT2D eigenvalue weighted by Gasteiger charge is 2.42. The van der Waals surface area contributed by atoms with Gasteiger partial charge in [0.15, 0.2) is 0 Å². The lowest BCUT2D eigenvalue weighted by atomic mass is 9.86. The molecule has 2 nitrogen and oxygen atoms in total. The average molecular weight is 503 g/mol. The van der Waals surface area contributed by atoms with E-state index < -0.39 is 18.2 Å². The van der Waals surface area contributed by atoms with E-state index in [1.54, 1.807) is 0 Å². The Morgan fingerprint density at radius 2 is 1.23 bits per heavy atom. The maximum absolute atomic E-state index is 12.4. The van der Waals surface area contributed by atoms with Crippen LogP contribution in [0.25, 0.3) is 0 Å². The lowest BCUT2D eigenvalue weighted by molar-refractivity contribution is -0.205. The number of thiol groups is 1. The summed E-state index contributed by atoms with van der Waals surface area (Å²) in [5.74, 6) is -1.85. The molecule has 0 fully saturated rings. The number of carbonyl (C=O) groups excluding carboxylic acids is 1. The first-order valence-corrected chi connectivity index (χ1v) is 12.4. The predicted octanol–water partition coefficient (Wildman–Crippen LogP) is 8.63. The zero-order chi connectivity index (χ0) is 25.5. The van der Waals surface area contributed by atoms with Gasteiger partial charge in [0, 0.05) is 10.8 Å². The second-order valence-electron chi connectivity index (χ2n) is 8.31. The molecular weight excluding hydrogens is 469 g/mol. The van der Waals surface area contributed by atoms with Crippen LogP contribution in [0.1, 0.15) is 62.5 Å². The molecule has 0 N–H and O–H groups in total. The Morgan fingerprint density at radius 3 is 1.63 bits per heavy atom. The van der Waals surface area contributed by atoms with Gasteiger partial charge >= 0.3 is 12.1 Å². The quantitative estimate of drug-likeness (QED) is 0.171. The van der Waals surface area contributed by atoms with Gasteiger partial charge in [0.1, 0.15) is 6.10 Å². The third kappa shape index (κ3) is 11.0. The van der Waals surface area contributed by atoms with Crippen LogP contribution >= 0.6 is 12.6 Å². The van der Waals surface area contributed by atoms with Crippen molar-refractivity contribution < 1.29 is 22.7 Å². The minimum absolute atomic E-state index is 0.241. The molecule has 0 aromatic heterocycles. The number of rotatable bonds is 10. The fourth-order valence-electron chi connectivity index (χ4n) is 3.85. The molecule has 0 saturated heterocycles. The average Bonchev–Trinajstić information content (AvgIpc) is 2.85. The molecule has 0 bridgehead atoms. The molecule has 0 aliphatic heterocycles. The fourth-order valence-corrected chi connectivity index (χ4v) is 4.02. The molecule has 1 atom stereocenters. The summed E-state index contributed by atoms with van der Waals surface area (Å²) in [6.45, 7) is 1.87. The number of carbonyl (C=O) groups is 1. The third-order valence-electron chi connectivity index (χ3n) is 5.54. The maximum Gasteiger partial charge on any atom is 0.490 e. The summed E-state index contributed by atoms with van der Waals surface area (Å²) in [7, 11) is 0. The van der Waals surface area contributed by atoms with Crippen LogP contribution in [0.2, 0.25) is 0 Å². The van der Waals surface area contributed by atoms with Crippen LogP contribution in [0.15, 0.2) is 95.9 Å². The number of esters is 1. The summed E-state index contributed by atoms with van der Waals surface area (Å²) in [5, 5.41) is 0. The molecule has 3 aromatic rings. The smallest absolute Gasteiger partial charge is 0.456 e. The molecular formula is C29H33F3O2S. The molecule has 0 amide bonds. The van der Waals surface area contributed by atoms with Crippen molar-refractivity contribution in [3.8, 4) is 0 Å². The molecule has 0 radical (unpaired) electrons. The lowest BCUT2D eigenvalue weighted by Crippen LogP contribution is -2.30. The first kappa shape index (κ1) is 28.5. The Morgan fingerprint density at radius 1 is 0.771 bits per heavy atom. The van der Waals surface area contributed by atoms with E-state index in [4.69, 9.17) is 0 Å². The Kier molecular flexibility index (Phi) is 12.5. The first-order valence-electron chi connectivity index (χ1n) is 11.9. The Balaban J connectivity index is 0.000000527. The molecule has 0 aliphatic rings. The molecule has 3 aromatic carbocycles. The zero-order valence-electron chi connectivity index (χ0n) is 20.0. The van der Waals surface area contributed by atoms with Gasteiger partial charge in [-0.25, -0.2) is 4.79 Å². The highest BCUT2D eigenvalue weighted by atomic mass is 32.1. The standard InChI is InChI=1S/C23H27F3O2.C6H6S/c1-2-11-20(28-22(27)23(24,25)26)16-9-10-17-21(18-12-5-3-6-13-18)19-14-7-4-8-15-19;7-6-4-2-1-3-5-6/h3-8,12-15,20-21H,2,9-11,16-17H2,1H3;1-5,7H. The second kappa shape index (κ2) is 15.3. The molecule has 0 spiro atoms. The van der Waals surface area contributed by atoms with Crippen molar-refractivity contribution in [2.24, 2.45) is 0 Å². The monoisotopic (exact) mass is 502 g/mol. The van der Waals surface area contributed by atoms with E-state index in [0.29, 0.717) is 25.7 Å². The van der Waals surface area contributed by atoms with Gasteiger partial charge in [0.25, 0.3) is 0 Å². The lowest BCUT2D eigenvalue weighted by Gasteiger charge is -2.20. The number of ether oxygens (including phenoxy) is 1. The number of hydrogen-bond donors (Lipinski definition) is 1. The Hall–Kier alpha value is -2.73. The fraction of sp³-hybridized carbons (Fsp3) is 0.345. The number of hydrogen-bond acceptors (Lipinski definition) is 3. The Bertz CT molecular complexity index is 924. The van der Waals surface area contributed by atoms with Crippen LogP contribution in [0.3, 0.4) is 0 Å². The zero-order valence-corrected chi connectivity index (χ0v) is 20.8. The summed E-state index contributed by atoms with van der Waals surface area (Å²) in [6.07, 6.45) is -1.59. The second-order valence-corrected chi connectivity index (χ2v) is 8.82. The summed E-state index contributed by atoms with van der Waals surface area (Å²) >= 11 is 4.08. The van der Waals surface area contributed by atoms with Crippen molar-refractivity contribution >= 4 is 18.6 Å². The topological polar surface area (TPSA) is 26.3 Å². The Labute approximate surface area is 211 Å². The van der Waals surface area contributed by atoms with Crippen LogP contribution < -0.4 is 0 Å². The summed E-state index contributed by atoms with van der Waals surface area (Å²) in [4.78, 5) is 12.1. The summed E-state index contributed by atoms with van der Waals surface area (Å²) in [6, 6.07) is 30.2. The molecule has 6 heteroatoms. The van der Waals surface area contributed by atoms with Gasteiger partial charge in [0.05, 0.1) is 0 Å². The van der Waals surface area contributed by atoms with Crippen LogP contribution in [-0.2, 0) is 9.53 Å². The van der Waals surface area contributed by atoms with E-state index in [0.717, 1.165) is 17.7 Å². The van der Waals surface area contributed by atoms with Gasteiger partial charge in [0.2, 0.25) is 0 Å². The van der Waals surface area contributed by atoms with Crippen LogP contribution in [0.4, 0.5) is 13.2 Å². The minimum Gasteiger partial charge on any atom is -0.456 e. The molecule has 0 heterocycles. The van der Waals surface area contributed by atoms with Crippen LogP contribution in [0.5, 0.6) is 0 Å². The van der Waals surface area contributed by atoms with Crippen molar-refractivity contribution in [1.82, 2.24) is 0 Å². The maximum atomic E-state index is 12.4. The number of benzene rings is 3. The highest BCUT2D eigenvalue weighted by Crippen LogP contribution is 2.30. The van der Waals surface area contributed by atoms with E-state index >= 15 is 0 Å². The molecule has 0 aliphatic carbocycles. The SMILES string of the molecule is CCCC(CCCCC(c1ccccc1)c1ccccc1)OC(=O)C(F)(F)F.Sc1ccccc1. The van der Waals surface area contributed by atoms with Gasteiger partial charge in [-0.2, -0.15) is 13.2 Å². The number of halogens is 3. The molecule has 188 valence electrons. The van der Waals surface area contributed by atoms with Crippen LogP contribution in [-0.4, -0.2) is 18.2 Å². The highest BCUT2D eigenvalue weighted by molar-refractivity contribution is 7.80. The minimum atomic E-state index is -4.93. The molecule has 35 heavy (non-hydrogen) atoms. The van der Waals surface area contributed by atoms with Gasteiger partial charge < -0.3 is 4.74 Å². The van der Waals surface area contributed by atoms with Crippen LogP contribution in [0, 0.1) is 0 Å². The van der Waals surface area contributed by atoms with Crippen molar-refractivity contribution in [3.05, 3.63) is 102 Å². The van der Waals surface area contributed by atoms with E-state index in [2.05, 4.69) is 41.6 Å². The predicted molar refractivity (Wildman–Crippen MR) is 138 cm³/mol. The van der Waals surface area contributed by atoms with E-state index in [-0.39, 0.29) is 5.92 Å². The van der Waals surface area contributed by atoms with Crippen molar-refractivity contribution in [1.29, 1.82) is 0 Å². The van der Waals surface area contributed by atoms with Crippen molar-refractivity contribution in [2.45, 2.75) is 68.5 Å². The molecule has 3 rings (SSSR count). The normalized spacial score (nSPS) is 11.9. The number of alkyl halides is 3. The summed E-state index contributed by atoms with van der Waals surface area (Å²) in [5.41, 5.74) is 2.45. The largest absolute Gasteiger partial charge is 0.490 e. The van der Waals surface area contributed by atoms with Gasteiger partial charge in [-0.15, -0.1) is 12.6 Å². The van der Waals surface area contributed by atoms with Crippen molar-refractivity contribution in [2.75, 3.05) is 0 Å². The molecule has 0 saturated carbocycles. The molecule has 1 unspecified atom stereocenters.